The molecule has 1 aliphatic heterocycles. The lowest BCUT2D eigenvalue weighted by molar-refractivity contribution is 0.394. The van der Waals surface area contributed by atoms with Crippen LogP contribution in [0.4, 0.5) is 0 Å². The summed E-state index contributed by atoms with van der Waals surface area (Å²) in [4.78, 5) is 11.8. The van der Waals surface area contributed by atoms with Crippen LogP contribution in [-0.2, 0) is 6.54 Å². The topological polar surface area (TPSA) is 49.8 Å². The highest BCUT2D eigenvalue weighted by Crippen LogP contribution is 2.34. The number of nitrogens with one attached hydrogen (secondary N) is 2. The Balaban J connectivity index is 1.73. The minimum Gasteiger partial charge on any atom is -0.316 e. The number of aromatic amines is 1. The average Bonchev–Trinajstić information content (AvgIpc) is 2.76. The van der Waals surface area contributed by atoms with Gasteiger partial charge in [-0.25, -0.2) is 0 Å². The van der Waals surface area contributed by atoms with E-state index in [1.807, 2.05) is 0 Å². The van der Waals surface area contributed by atoms with Crippen molar-refractivity contribution in [3.8, 4) is 0 Å². The zero-order chi connectivity index (χ0) is 11.0. The maximum atomic E-state index is 11.8. The largest absolute Gasteiger partial charge is 0.316 e. The van der Waals surface area contributed by atoms with E-state index in [0.29, 0.717) is 11.8 Å². The second-order valence-electron chi connectivity index (χ2n) is 5.15. The van der Waals surface area contributed by atoms with Crippen LogP contribution >= 0.6 is 0 Å². The predicted octanol–water partition coefficient (Wildman–Crippen LogP) is 1.05. The zero-order valence-corrected chi connectivity index (χ0v) is 9.54. The van der Waals surface area contributed by atoms with E-state index < -0.39 is 0 Å². The third-order valence-electron chi connectivity index (χ3n) is 3.96. The molecule has 1 unspecified atom stereocenters. The molecule has 1 saturated carbocycles. The van der Waals surface area contributed by atoms with Gasteiger partial charge in [0.15, 0.2) is 0 Å². The minimum absolute atomic E-state index is 0.147. The van der Waals surface area contributed by atoms with Crippen molar-refractivity contribution in [1.82, 2.24) is 15.1 Å². The Morgan fingerprint density at radius 3 is 2.88 bits per heavy atom. The van der Waals surface area contributed by atoms with E-state index in [1.165, 1.54) is 25.7 Å². The number of rotatable bonds is 3. The van der Waals surface area contributed by atoms with Gasteiger partial charge in [-0.05, 0) is 38.3 Å². The summed E-state index contributed by atoms with van der Waals surface area (Å²) in [5, 5.41) is 6.62. The van der Waals surface area contributed by atoms with E-state index in [-0.39, 0.29) is 5.56 Å². The van der Waals surface area contributed by atoms with E-state index in [0.717, 1.165) is 25.3 Å². The molecule has 2 aliphatic rings. The molecular weight excluding hydrogens is 202 g/mol. The first-order valence-corrected chi connectivity index (χ1v) is 6.33. The molecule has 0 spiro atoms. The maximum Gasteiger partial charge on any atom is 0.266 e. The Labute approximate surface area is 95.0 Å². The maximum absolute atomic E-state index is 11.8. The van der Waals surface area contributed by atoms with E-state index in [9.17, 15) is 4.79 Å². The first kappa shape index (κ1) is 10.1. The highest BCUT2D eigenvalue weighted by atomic mass is 16.1. The Kier molecular flexibility index (Phi) is 2.59. The molecular formula is C12H19N3O. The van der Waals surface area contributed by atoms with Crippen LogP contribution in [0.3, 0.4) is 0 Å². The Bertz CT molecular complexity index is 410. The molecule has 3 rings (SSSR count). The fourth-order valence-electron chi connectivity index (χ4n) is 2.65. The van der Waals surface area contributed by atoms with E-state index >= 15 is 0 Å². The summed E-state index contributed by atoms with van der Waals surface area (Å²) in [6.07, 6.45) is 4.98. The summed E-state index contributed by atoms with van der Waals surface area (Å²) < 4.78 is 1.80. The molecule has 1 aromatic rings. The van der Waals surface area contributed by atoms with Crippen molar-refractivity contribution < 1.29 is 0 Å². The van der Waals surface area contributed by atoms with Gasteiger partial charge in [0, 0.05) is 24.2 Å². The van der Waals surface area contributed by atoms with Gasteiger partial charge in [-0.2, -0.15) is 0 Å². The summed E-state index contributed by atoms with van der Waals surface area (Å²) in [5.41, 5.74) is 1.30. The molecule has 0 bridgehead atoms. The zero-order valence-electron chi connectivity index (χ0n) is 9.54. The molecule has 88 valence electrons. The van der Waals surface area contributed by atoms with Gasteiger partial charge in [-0.3, -0.25) is 14.6 Å². The molecule has 2 heterocycles. The van der Waals surface area contributed by atoms with Crippen molar-refractivity contribution in [3.05, 3.63) is 22.1 Å². The van der Waals surface area contributed by atoms with Crippen molar-refractivity contribution in [1.29, 1.82) is 0 Å². The van der Waals surface area contributed by atoms with Crippen LogP contribution in [0.25, 0.3) is 0 Å². The fraction of sp³-hybridized carbons (Fsp3) is 0.750. The lowest BCUT2D eigenvalue weighted by Crippen LogP contribution is -2.22. The summed E-state index contributed by atoms with van der Waals surface area (Å²) >= 11 is 0. The lowest BCUT2D eigenvalue weighted by Gasteiger charge is -2.23. The third-order valence-corrected chi connectivity index (χ3v) is 3.96. The van der Waals surface area contributed by atoms with Crippen molar-refractivity contribution >= 4 is 0 Å². The molecule has 1 aliphatic carbocycles. The number of H-pyrrole nitrogens is 1. The fourth-order valence-corrected chi connectivity index (χ4v) is 2.65. The highest BCUT2D eigenvalue weighted by molar-refractivity contribution is 5.09. The van der Waals surface area contributed by atoms with E-state index in [1.54, 1.807) is 10.7 Å². The van der Waals surface area contributed by atoms with Crippen LogP contribution in [0.5, 0.6) is 0 Å². The molecule has 1 saturated heterocycles. The van der Waals surface area contributed by atoms with Crippen LogP contribution in [0.2, 0.25) is 0 Å². The first-order chi connectivity index (χ1) is 7.83. The number of hydrogen-bond donors (Lipinski definition) is 2. The number of nitrogens with zero attached hydrogens (tertiary/aromatic N) is 1. The van der Waals surface area contributed by atoms with Gasteiger partial charge in [-0.15, -0.1) is 0 Å². The summed E-state index contributed by atoms with van der Waals surface area (Å²) in [5.74, 6) is 1.24. The summed E-state index contributed by atoms with van der Waals surface area (Å²) in [6.45, 7) is 2.98. The third kappa shape index (κ3) is 1.82. The van der Waals surface area contributed by atoms with Crippen LogP contribution in [0, 0.1) is 5.92 Å². The molecule has 0 amide bonds. The van der Waals surface area contributed by atoms with E-state index in [4.69, 9.17) is 0 Å². The lowest BCUT2D eigenvalue weighted by atomic mass is 9.83. The quantitative estimate of drug-likeness (QED) is 0.801. The van der Waals surface area contributed by atoms with Gasteiger partial charge < -0.3 is 5.32 Å². The molecule has 0 radical (unpaired) electrons. The van der Waals surface area contributed by atoms with Crippen molar-refractivity contribution in [2.24, 2.45) is 5.92 Å². The second-order valence-corrected chi connectivity index (χ2v) is 5.15. The van der Waals surface area contributed by atoms with Crippen molar-refractivity contribution in [2.45, 2.75) is 38.1 Å². The first-order valence-electron chi connectivity index (χ1n) is 6.33. The van der Waals surface area contributed by atoms with Crippen molar-refractivity contribution in [3.63, 3.8) is 0 Å². The van der Waals surface area contributed by atoms with Gasteiger partial charge in [0.25, 0.3) is 5.56 Å². The molecule has 1 aromatic heterocycles. The molecule has 2 N–H and O–H groups in total. The van der Waals surface area contributed by atoms with Gasteiger partial charge in [0.05, 0.1) is 0 Å². The summed E-state index contributed by atoms with van der Waals surface area (Å²) in [6, 6.07) is 1.80. The highest BCUT2D eigenvalue weighted by Gasteiger charge is 2.23. The number of aromatic nitrogens is 2. The molecule has 4 heteroatoms. The second kappa shape index (κ2) is 4.09. The predicted molar refractivity (Wildman–Crippen MR) is 62.6 cm³/mol. The minimum atomic E-state index is 0.147. The molecule has 16 heavy (non-hydrogen) atoms. The van der Waals surface area contributed by atoms with E-state index in [2.05, 4.69) is 10.4 Å². The van der Waals surface area contributed by atoms with Crippen LogP contribution in [0.1, 0.15) is 37.3 Å². The molecule has 4 nitrogen and oxygen atoms in total. The van der Waals surface area contributed by atoms with Gasteiger partial charge in [0.1, 0.15) is 0 Å². The summed E-state index contributed by atoms with van der Waals surface area (Å²) in [7, 11) is 0. The van der Waals surface area contributed by atoms with Crippen LogP contribution in [-0.4, -0.2) is 22.9 Å². The SMILES string of the molecule is O=c1cc(C2CCC2)[nH]n1CC1CCNC1. The van der Waals surface area contributed by atoms with Crippen LogP contribution < -0.4 is 10.9 Å². The smallest absolute Gasteiger partial charge is 0.266 e. The van der Waals surface area contributed by atoms with Gasteiger partial charge >= 0.3 is 0 Å². The normalized spacial score (nSPS) is 25.9. The standard InChI is InChI=1S/C12H19N3O/c16-12-6-11(10-2-1-3-10)14-15(12)8-9-4-5-13-7-9/h6,9-10,13-14H,1-5,7-8H2. The van der Waals surface area contributed by atoms with Crippen LogP contribution in [0.15, 0.2) is 10.9 Å². The molecule has 1 atom stereocenters. The molecule has 0 aromatic carbocycles. The monoisotopic (exact) mass is 221 g/mol. The Morgan fingerprint density at radius 2 is 2.25 bits per heavy atom. The number of hydrogen-bond acceptors (Lipinski definition) is 2. The van der Waals surface area contributed by atoms with Gasteiger partial charge in [-0.1, -0.05) is 6.42 Å². The van der Waals surface area contributed by atoms with Gasteiger partial charge in [0.2, 0.25) is 0 Å². The Hall–Kier alpha value is -1.03. The average molecular weight is 221 g/mol. The molecule has 2 fully saturated rings. The Morgan fingerprint density at radius 1 is 1.38 bits per heavy atom. The van der Waals surface area contributed by atoms with Crippen molar-refractivity contribution in [2.75, 3.05) is 13.1 Å².